The van der Waals surface area contributed by atoms with Crippen molar-refractivity contribution < 1.29 is 4.79 Å². The van der Waals surface area contributed by atoms with E-state index in [4.69, 9.17) is 4.98 Å². The maximum Gasteiger partial charge on any atom is 0.226 e. The second-order valence-corrected chi connectivity index (χ2v) is 8.47. The van der Waals surface area contributed by atoms with E-state index in [0.29, 0.717) is 22.2 Å². The molecule has 0 atom stereocenters. The van der Waals surface area contributed by atoms with E-state index in [2.05, 4.69) is 16.4 Å². The molecule has 6 heteroatoms. The number of rotatable bonds is 7. The normalized spacial score (nSPS) is 10.4. The van der Waals surface area contributed by atoms with Crippen molar-refractivity contribution in [1.82, 2.24) is 9.97 Å². The fraction of sp³-hybridized carbons (Fsp3) is 0.111. The van der Waals surface area contributed by atoms with E-state index in [9.17, 15) is 10.1 Å². The molecule has 0 fully saturated rings. The highest BCUT2D eigenvalue weighted by molar-refractivity contribution is 7.99. The fourth-order valence-corrected chi connectivity index (χ4v) is 4.34. The average molecular weight is 451 g/mol. The Kier molecular flexibility index (Phi) is 7.13. The van der Waals surface area contributed by atoms with Gasteiger partial charge in [-0.1, -0.05) is 66.7 Å². The molecule has 1 amide bonds. The molecule has 0 aliphatic heterocycles. The molecule has 1 N–H and O–H groups in total. The molecule has 162 valence electrons. The predicted molar refractivity (Wildman–Crippen MR) is 133 cm³/mol. The lowest BCUT2D eigenvalue weighted by Crippen LogP contribution is -2.13. The highest BCUT2D eigenvalue weighted by atomic mass is 32.2. The summed E-state index contributed by atoms with van der Waals surface area (Å²) >= 11 is 1.42. The van der Waals surface area contributed by atoms with Crippen molar-refractivity contribution in [3.05, 3.63) is 96.2 Å². The van der Waals surface area contributed by atoms with Gasteiger partial charge in [-0.25, -0.2) is 9.97 Å². The van der Waals surface area contributed by atoms with Crippen LogP contribution in [0.5, 0.6) is 0 Å². The van der Waals surface area contributed by atoms with Crippen LogP contribution in [-0.2, 0) is 4.79 Å². The Morgan fingerprint density at radius 1 is 0.939 bits per heavy atom. The summed E-state index contributed by atoms with van der Waals surface area (Å²) in [7, 11) is 0. The summed E-state index contributed by atoms with van der Waals surface area (Å²) in [4.78, 5) is 21.5. The minimum Gasteiger partial charge on any atom is -0.311 e. The van der Waals surface area contributed by atoms with Gasteiger partial charge in [0.05, 0.1) is 11.3 Å². The number of nitriles is 1. The third-order valence-electron chi connectivity index (χ3n) is 4.98. The second-order valence-electron chi connectivity index (χ2n) is 7.39. The average Bonchev–Trinajstić information content (AvgIpc) is 2.84. The molecule has 0 bridgehead atoms. The number of hydrogen-bond acceptors (Lipinski definition) is 5. The molecule has 0 aliphatic rings. The van der Waals surface area contributed by atoms with Gasteiger partial charge in [0.25, 0.3) is 0 Å². The number of aryl methyl sites for hydroxylation is 1. The number of pyridine rings is 2. The minimum atomic E-state index is -0.124. The van der Waals surface area contributed by atoms with Crippen molar-refractivity contribution in [2.75, 3.05) is 11.1 Å². The Balaban J connectivity index is 1.58. The molecular weight excluding hydrogens is 428 g/mol. The largest absolute Gasteiger partial charge is 0.311 e. The second kappa shape index (κ2) is 10.6. The van der Waals surface area contributed by atoms with Crippen molar-refractivity contribution in [2.24, 2.45) is 0 Å². The summed E-state index contributed by atoms with van der Waals surface area (Å²) in [5.41, 5.74) is 4.93. The zero-order valence-corrected chi connectivity index (χ0v) is 19.0. The molecular formula is C27H22N4OS. The molecule has 2 heterocycles. The molecule has 0 saturated carbocycles. The standard InChI is InChI=1S/C27H22N4OS/c1-19-9-8-14-25(29-19)31-26(32)15-16-33-27-23(18-28)22(20-10-4-2-5-11-20)17-24(30-27)21-12-6-3-7-13-21/h2-14,17H,15-16H2,1H3,(H,29,31,32). The number of hydrogen-bond donors (Lipinski definition) is 1. The maximum absolute atomic E-state index is 12.4. The zero-order valence-electron chi connectivity index (χ0n) is 18.2. The third kappa shape index (κ3) is 5.65. The number of aromatic nitrogens is 2. The van der Waals surface area contributed by atoms with Crippen LogP contribution in [0.25, 0.3) is 22.4 Å². The molecule has 0 saturated heterocycles. The predicted octanol–water partition coefficient (Wildman–Crippen LogP) is 6.11. The molecule has 0 aliphatic carbocycles. The van der Waals surface area contributed by atoms with Crippen LogP contribution in [0.1, 0.15) is 17.7 Å². The van der Waals surface area contributed by atoms with E-state index < -0.39 is 0 Å². The Morgan fingerprint density at radius 2 is 1.64 bits per heavy atom. The molecule has 2 aromatic heterocycles. The number of thioether (sulfide) groups is 1. The lowest BCUT2D eigenvalue weighted by Gasteiger charge is -2.12. The first-order chi connectivity index (χ1) is 16.1. The first-order valence-electron chi connectivity index (χ1n) is 10.6. The van der Waals surface area contributed by atoms with Crippen molar-refractivity contribution in [3.8, 4) is 28.5 Å². The van der Waals surface area contributed by atoms with E-state index in [1.54, 1.807) is 6.07 Å². The van der Waals surface area contributed by atoms with Crippen molar-refractivity contribution >= 4 is 23.5 Å². The zero-order chi connectivity index (χ0) is 23.0. The van der Waals surface area contributed by atoms with Crippen LogP contribution >= 0.6 is 11.8 Å². The summed E-state index contributed by atoms with van der Waals surface area (Å²) in [6.45, 7) is 1.88. The monoisotopic (exact) mass is 450 g/mol. The number of carbonyl (C=O) groups excluding carboxylic acids is 1. The van der Waals surface area contributed by atoms with E-state index in [-0.39, 0.29) is 12.3 Å². The Bertz CT molecular complexity index is 1300. The number of amides is 1. The summed E-state index contributed by atoms with van der Waals surface area (Å²) in [5.74, 6) is 0.908. The number of carbonyl (C=O) groups is 1. The summed E-state index contributed by atoms with van der Waals surface area (Å²) in [5, 5.41) is 13.4. The van der Waals surface area contributed by atoms with E-state index in [1.165, 1.54) is 11.8 Å². The smallest absolute Gasteiger partial charge is 0.226 e. The lowest BCUT2D eigenvalue weighted by atomic mass is 9.99. The van der Waals surface area contributed by atoms with Gasteiger partial charge >= 0.3 is 0 Å². The maximum atomic E-state index is 12.4. The van der Waals surface area contributed by atoms with Crippen LogP contribution < -0.4 is 5.32 Å². The first-order valence-corrected chi connectivity index (χ1v) is 11.5. The molecule has 2 aromatic carbocycles. The van der Waals surface area contributed by atoms with Crippen LogP contribution in [0.3, 0.4) is 0 Å². The van der Waals surface area contributed by atoms with Crippen LogP contribution in [0.2, 0.25) is 0 Å². The number of benzene rings is 2. The fourth-order valence-electron chi connectivity index (χ4n) is 3.39. The van der Waals surface area contributed by atoms with Gasteiger partial charge in [-0.3, -0.25) is 4.79 Å². The van der Waals surface area contributed by atoms with Gasteiger partial charge < -0.3 is 5.32 Å². The lowest BCUT2D eigenvalue weighted by molar-refractivity contribution is -0.115. The van der Waals surface area contributed by atoms with Gasteiger partial charge in [0.2, 0.25) is 5.91 Å². The first kappa shape index (κ1) is 22.3. The Morgan fingerprint density at radius 3 is 2.30 bits per heavy atom. The number of anilines is 1. The summed E-state index contributed by atoms with van der Waals surface area (Å²) in [6, 6.07) is 29.5. The molecule has 4 aromatic rings. The van der Waals surface area contributed by atoms with E-state index >= 15 is 0 Å². The minimum absolute atomic E-state index is 0.124. The topological polar surface area (TPSA) is 78.7 Å². The number of nitrogens with one attached hydrogen (secondary N) is 1. The quantitative estimate of drug-likeness (QED) is 0.344. The van der Waals surface area contributed by atoms with Crippen molar-refractivity contribution in [1.29, 1.82) is 5.26 Å². The van der Waals surface area contributed by atoms with Crippen LogP contribution in [0.15, 0.2) is 90.0 Å². The van der Waals surface area contributed by atoms with Crippen molar-refractivity contribution in [3.63, 3.8) is 0 Å². The van der Waals surface area contributed by atoms with Gasteiger partial charge in [-0.05, 0) is 30.7 Å². The molecule has 33 heavy (non-hydrogen) atoms. The van der Waals surface area contributed by atoms with Gasteiger partial charge in [0, 0.05) is 29.0 Å². The third-order valence-corrected chi connectivity index (χ3v) is 5.95. The van der Waals surface area contributed by atoms with Gasteiger partial charge in [-0.2, -0.15) is 5.26 Å². The van der Waals surface area contributed by atoms with Crippen LogP contribution in [0.4, 0.5) is 5.82 Å². The SMILES string of the molecule is Cc1cccc(NC(=O)CCSc2nc(-c3ccccc3)cc(-c3ccccc3)c2C#N)n1. The molecule has 4 rings (SSSR count). The highest BCUT2D eigenvalue weighted by Crippen LogP contribution is 2.34. The van der Waals surface area contributed by atoms with E-state index in [0.717, 1.165) is 28.1 Å². The van der Waals surface area contributed by atoms with Gasteiger partial charge in [0.15, 0.2) is 0 Å². The van der Waals surface area contributed by atoms with Crippen molar-refractivity contribution in [2.45, 2.75) is 18.4 Å². The molecule has 5 nitrogen and oxygen atoms in total. The number of nitrogens with zero attached hydrogens (tertiary/aromatic N) is 3. The van der Waals surface area contributed by atoms with Gasteiger partial charge in [-0.15, -0.1) is 11.8 Å². The van der Waals surface area contributed by atoms with Crippen LogP contribution in [-0.4, -0.2) is 21.6 Å². The highest BCUT2D eigenvalue weighted by Gasteiger charge is 2.16. The molecule has 0 unspecified atom stereocenters. The molecule has 0 radical (unpaired) electrons. The Labute approximate surface area is 197 Å². The Hall–Kier alpha value is -3.95. The summed E-state index contributed by atoms with van der Waals surface area (Å²) < 4.78 is 0. The van der Waals surface area contributed by atoms with Crippen LogP contribution in [0, 0.1) is 18.3 Å². The molecule has 0 spiro atoms. The van der Waals surface area contributed by atoms with E-state index in [1.807, 2.05) is 85.8 Å². The van der Waals surface area contributed by atoms with Gasteiger partial charge in [0.1, 0.15) is 16.9 Å². The summed E-state index contributed by atoms with van der Waals surface area (Å²) in [6.07, 6.45) is 0.281.